The van der Waals surface area contributed by atoms with Crippen molar-refractivity contribution in [2.75, 3.05) is 13.2 Å². The second kappa shape index (κ2) is 15.4. The summed E-state index contributed by atoms with van der Waals surface area (Å²) < 4.78 is 10.4. The van der Waals surface area contributed by atoms with Gasteiger partial charge in [-0.1, -0.05) is 69.7 Å². The summed E-state index contributed by atoms with van der Waals surface area (Å²) in [5.74, 6) is -1.16. The van der Waals surface area contributed by atoms with Gasteiger partial charge in [0.1, 0.15) is 18.8 Å². The molecule has 1 amide bonds. The standard InChI is InChI=1S/C26H41NO5/c1-5-6-7-8-9-10-11-12-24-13-15-25(16-14-24)17-18-26(27-21(2)28,19-31-22(3)29)20-32-23(4)30/h13-16H,5-12,17-20H2,1-4H3,(H,27,28). The third-order valence-electron chi connectivity index (χ3n) is 5.53. The van der Waals surface area contributed by atoms with Crippen LogP contribution in [0, 0.1) is 0 Å². The lowest BCUT2D eigenvalue weighted by molar-refractivity contribution is -0.150. The molecule has 6 nitrogen and oxygen atoms in total. The van der Waals surface area contributed by atoms with Crippen molar-refractivity contribution in [3.63, 3.8) is 0 Å². The zero-order valence-corrected chi connectivity index (χ0v) is 20.3. The Balaban J connectivity index is 2.64. The molecule has 1 aromatic carbocycles. The average Bonchev–Trinajstić information content (AvgIpc) is 2.74. The summed E-state index contributed by atoms with van der Waals surface area (Å²) in [5, 5.41) is 2.84. The SMILES string of the molecule is CCCCCCCCCc1ccc(CCC(COC(C)=O)(COC(C)=O)NC(C)=O)cc1. The van der Waals surface area contributed by atoms with Gasteiger partial charge in [-0.25, -0.2) is 0 Å². The first-order chi connectivity index (χ1) is 15.3. The summed E-state index contributed by atoms with van der Waals surface area (Å²) in [5.41, 5.74) is 1.49. The molecule has 1 N–H and O–H groups in total. The molecule has 32 heavy (non-hydrogen) atoms. The molecule has 0 aliphatic rings. The summed E-state index contributed by atoms with van der Waals surface area (Å²) in [7, 11) is 0. The minimum atomic E-state index is -0.959. The van der Waals surface area contributed by atoms with Crippen LogP contribution in [0.25, 0.3) is 0 Å². The molecule has 0 bridgehead atoms. The fourth-order valence-corrected chi connectivity index (χ4v) is 3.72. The molecule has 0 atom stereocenters. The average molecular weight is 448 g/mol. The summed E-state index contributed by atoms with van der Waals surface area (Å²) in [6, 6.07) is 8.52. The van der Waals surface area contributed by atoms with Crippen molar-refractivity contribution in [3.05, 3.63) is 35.4 Å². The van der Waals surface area contributed by atoms with E-state index in [0.717, 1.165) is 12.0 Å². The van der Waals surface area contributed by atoms with E-state index >= 15 is 0 Å². The molecule has 0 aliphatic carbocycles. The van der Waals surface area contributed by atoms with Gasteiger partial charge in [0.2, 0.25) is 5.91 Å². The fraction of sp³-hybridized carbons (Fsp3) is 0.654. The van der Waals surface area contributed by atoms with Gasteiger partial charge in [0.05, 0.1) is 0 Å². The van der Waals surface area contributed by atoms with Crippen molar-refractivity contribution in [1.82, 2.24) is 5.32 Å². The maximum atomic E-state index is 11.8. The number of aryl methyl sites for hydroxylation is 2. The van der Waals surface area contributed by atoms with Gasteiger partial charge in [-0.15, -0.1) is 0 Å². The number of esters is 2. The second-order valence-electron chi connectivity index (χ2n) is 8.71. The van der Waals surface area contributed by atoms with Crippen molar-refractivity contribution in [3.8, 4) is 0 Å². The molecular formula is C26H41NO5. The number of ether oxygens (including phenoxy) is 2. The fourth-order valence-electron chi connectivity index (χ4n) is 3.72. The van der Waals surface area contributed by atoms with E-state index in [1.807, 2.05) is 0 Å². The maximum Gasteiger partial charge on any atom is 0.302 e. The summed E-state index contributed by atoms with van der Waals surface area (Å²) >= 11 is 0. The van der Waals surface area contributed by atoms with Crippen LogP contribution in [0.5, 0.6) is 0 Å². The number of hydrogen-bond acceptors (Lipinski definition) is 5. The number of unbranched alkanes of at least 4 members (excludes halogenated alkanes) is 6. The maximum absolute atomic E-state index is 11.8. The molecule has 1 rings (SSSR count). The van der Waals surface area contributed by atoms with Crippen molar-refractivity contribution >= 4 is 17.8 Å². The molecule has 1 aromatic rings. The number of rotatable bonds is 16. The van der Waals surface area contributed by atoms with E-state index in [0.29, 0.717) is 12.8 Å². The molecule has 0 spiro atoms. The predicted molar refractivity (Wildman–Crippen MR) is 126 cm³/mol. The molecule has 0 aromatic heterocycles. The Hall–Kier alpha value is -2.37. The smallest absolute Gasteiger partial charge is 0.302 e. The van der Waals surface area contributed by atoms with Crippen molar-refractivity contribution < 1.29 is 23.9 Å². The highest BCUT2D eigenvalue weighted by molar-refractivity contribution is 5.74. The zero-order valence-electron chi connectivity index (χ0n) is 20.3. The van der Waals surface area contributed by atoms with Gasteiger partial charge in [-0.2, -0.15) is 0 Å². The van der Waals surface area contributed by atoms with Crippen LogP contribution < -0.4 is 5.32 Å². The van der Waals surface area contributed by atoms with E-state index in [9.17, 15) is 14.4 Å². The lowest BCUT2D eigenvalue weighted by Crippen LogP contribution is -2.55. The minimum absolute atomic E-state index is 0.0501. The molecule has 6 heteroatoms. The summed E-state index contributed by atoms with van der Waals surface area (Å²) in [6.45, 7) is 6.16. The Morgan fingerprint density at radius 2 is 1.22 bits per heavy atom. The topological polar surface area (TPSA) is 81.7 Å². The number of nitrogens with one attached hydrogen (secondary N) is 1. The van der Waals surface area contributed by atoms with Crippen LogP contribution >= 0.6 is 0 Å². The van der Waals surface area contributed by atoms with E-state index in [2.05, 4.69) is 36.5 Å². The molecule has 180 valence electrons. The highest BCUT2D eigenvalue weighted by Gasteiger charge is 2.34. The van der Waals surface area contributed by atoms with Gasteiger partial charge in [0, 0.05) is 20.8 Å². The normalized spacial score (nSPS) is 11.1. The van der Waals surface area contributed by atoms with Crippen molar-refractivity contribution in [2.24, 2.45) is 0 Å². The van der Waals surface area contributed by atoms with E-state index in [-0.39, 0.29) is 19.1 Å². The lowest BCUT2D eigenvalue weighted by Gasteiger charge is -2.33. The summed E-state index contributed by atoms with van der Waals surface area (Å²) in [4.78, 5) is 34.5. The first-order valence-electron chi connectivity index (χ1n) is 11.9. The largest absolute Gasteiger partial charge is 0.463 e. The van der Waals surface area contributed by atoms with Crippen LogP contribution in [0.3, 0.4) is 0 Å². The van der Waals surface area contributed by atoms with Crippen LogP contribution in [-0.4, -0.2) is 36.6 Å². The van der Waals surface area contributed by atoms with Crippen LogP contribution in [0.15, 0.2) is 24.3 Å². The number of hydrogen-bond donors (Lipinski definition) is 1. The van der Waals surface area contributed by atoms with E-state index in [1.165, 1.54) is 71.3 Å². The van der Waals surface area contributed by atoms with Gasteiger partial charge in [-0.3, -0.25) is 14.4 Å². The highest BCUT2D eigenvalue weighted by Crippen LogP contribution is 2.19. The number of benzene rings is 1. The van der Waals surface area contributed by atoms with Crippen molar-refractivity contribution in [2.45, 2.75) is 97.4 Å². The first kappa shape index (κ1) is 27.7. The molecule has 0 aliphatic heterocycles. The van der Waals surface area contributed by atoms with Crippen LogP contribution in [0.4, 0.5) is 0 Å². The molecule has 0 fully saturated rings. The Labute approximate surface area is 193 Å². The van der Waals surface area contributed by atoms with Gasteiger partial charge < -0.3 is 14.8 Å². The van der Waals surface area contributed by atoms with Gasteiger partial charge in [0.25, 0.3) is 0 Å². The number of carbonyl (C=O) groups excluding carboxylic acids is 3. The minimum Gasteiger partial charge on any atom is -0.463 e. The van der Waals surface area contributed by atoms with Crippen molar-refractivity contribution in [1.29, 1.82) is 0 Å². The summed E-state index contributed by atoms with van der Waals surface area (Å²) in [6.07, 6.45) is 11.3. The number of carbonyl (C=O) groups is 3. The molecular weight excluding hydrogens is 406 g/mol. The molecule has 0 saturated heterocycles. The molecule has 0 radical (unpaired) electrons. The van der Waals surface area contributed by atoms with Gasteiger partial charge in [-0.05, 0) is 36.8 Å². The van der Waals surface area contributed by atoms with Gasteiger partial charge in [0.15, 0.2) is 0 Å². The zero-order chi connectivity index (χ0) is 23.8. The third kappa shape index (κ3) is 12.5. The van der Waals surface area contributed by atoms with Gasteiger partial charge >= 0.3 is 11.9 Å². The molecule has 0 saturated carbocycles. The Morgan fingerprint density at radius 1 is 0.750 bits per heavy atom. The Kier molecular flexibility index (Phi) is 13.3. The van der Waals surface area contributed by atoms with E-state index in [1.54, 1.807) is 0 Å². The Morgan fingerprint density at radius 3 is 1.69 bits per heavy atom. The quantitative estimate of drug-likeness (QED) is 0.287. The highest BCUT2D eigenvalue weighted by atomic mass is 16.5. The van der Waals surface area contributed by atoms with E-state index < -0.39 is 17.5 Å². The monoisotopic (exact) mass is 447 g/mol. The lowest BCUT2D eigenvalue weighted by atomic mass is 9.91. The van der Waals surface area contributed by atoms with Crippen LogP contribution in [0.1, 0.15) is 90.2 Å². The second-order valence-corrected chi connectivity index (χ2v) is 8.71. The Bertz CT molecular complexity index is 681. The van der Waals surface area contributed by atoms with E-state index in [4.69, 9.17) is 9.47 Å². The number of amides is 1. The van der Waals surface area contributed by atoms with Crippen LogP contribution in [-0.2, 0) is 36.7 Å². The molecule has 0 heterocycles. The first-order valence-corrected chi connectivity index (χ1v) is 11.9. The third-order valence-corrected chi connectivity index (χ3v) is 5.53. The van der Waals surface area contributed by atoms with Crippen LogP contribution in [0.2, 0.25) is 0 Å². The predicted octanol–water partition coefficient (Wildman–Crippen LogP) is 4.91. The molecule has 0 unspecified atom stereocenters.